The van der Waals surface area contributed by atoms with Crippen molar-refractivity contribution in [2.75, 3.05) is 13.7 Å². The van der Waals surface area contributed by atoms with Crippen LogP contribution in [-0.4, -0.2) is 29.8 Å². The lowest BCUT2D eigenvalue weighted by Gasteiger charge is -2.00. The molecular weight excluding hydrogens is 278 g/mol. The molecule has 3 rings (SSSR count). The normalized spacial score (nSPS) is 13.1. The maximum absolute atomic E-state index is 11.2. The number of aromatic nitrogens is 1. The molecule has 2 aromatic rings. The van der Waals surface area contributed by atoms with Crippen LogP contribution in [-0.2, 0) is 17.8 Å². The molecule has 0 bridgehead atoms. The van der Waals surface area contributed by atoms with Crippen molar-refractivity contribution in [3.05, 3.63) is 34.3 Å². The monoisotopic (exact) mass is 291 g/mol. The zero-order valence-corrected chi connectivity index (χ0v) is 11.7. The third-order valence-electron chi connectivity index (χ3n) is 3.11. The molecule has 0 atom stereocenters. The smallest absolute Gasteiger partial charge is 0.347 e. The van der Waals surface area contributed by atoms with Crippen LogP contribution >= 0.6 is 11.3 Å². The van der Waals surface area contributed by atoms with Gasteiger partial charge in [0.15, 0.2) is 0 Å². The Bertz CT molecular complexity index is 665. The van der Waals surface area contributed by atoms with Gasteiger partial charge >= 0.3 is 5.97 Å². The molecule has 2 heterocycles. The van der Waals surface area contributed by atoms with Crippen LogP contribution in [0.4, 0.5) is 0 Å². The van der Waals surface area contributed by atoms with Gasteiger partial charge in [0, 0.05) is 19.1 Å². The number of ether oxygens (including phenoxy) is 2. The molecule has 1 aromatic carbocycles. The first-order valence-electron chi connectivity index (χ1n) is 6.17. The number of methoxy groups -OCH3 is 1. The number of hydrogen-bond donors (Lipinski definition) is 1. The number of carbonyl (C=O) groups is 1. The second kappa shape index (κ2) is 5.22. The van der Waals surface area contributed by atoms with Gasteiger partial charge in [-0.3, -0.25) is 0 Å². The van der Waals surface area contributed by atoms with Crippen LogP contribution in [0, 0.1) is 0 Å². The van der Waals surface area contributed by atoms with Crippen molar-refractivity contribution >= 4 is 17.3 Å². The summed E-state index contributed by atoms with van der Waals surface area (Å²) in [4.78, 5) is 15.8. The van der Waals surface area contributed by atoms with E-state index in [4.69, 9.17) is 9.47 Å². The van der Waals surface area contributed by atoms with Crippen molar-refractivity contribution in [2.45, 2.75) is 13.0 Å². The average molecular weight is 291 g/mol. The summed E-state index contributed by atoms with van der Waals surface area (Å²) in [6.07, 6.45) is 0.880. The summed E-state index contributed by atoms with van der Waals surface area (Å²) in [7, 11) is 1.53. The van der Waals surface area contributed by atoms with Crippen LogP contribution in [0.25, 0.3) is 10.6 Å². The second-order valence-electron chi connectivity index (χ2n) is 4.45. The Labute approximate surface area is 119 Å². The van der Waals surface area contributed by atoms with E-state index >= 15 is 0 Å². The minimum Gasteiger partial charge on any atom is -0.493 e. The number of carboxylic acids is 1. The molecule has 20 heavy (non-hydrogen) atoms. The van der Waals surface area contributed by atoms with E-state index in [1.54, 1.807) is 0 Å². The van der Waals surface area contributed by atoms with E-state index in [-0.39, 0.29) is 11.5 Å². The molecule has 6 heteroatoms. The van der Waals surface area contributed by atoms with Crippen molar-refractivity contribution < 1.29 is 19.4 Å². The first kappa shape index (κ1) is 13.1. The van der Waals surface area contributed by atoms with Gasteiger partial charge in [-0.15, -0.1) is 11.3 Å². The highest BCUT2D eigenvalue weighted by Gasteiger charge is 2.19. The zero-order valence-electron chi connectivity index (χ0n) is 10.9. The van der Waals surface area contributed by atoms with Gasteiger partial charge in [-0.2, -0.15) is 0 Å². The molecule has 1 aromatic heterocycles. The molecule has 0 radical (unpaired) electrons. The highest BCUT2D eigenvalue weighted by Crippen LogP contribution is 2.33. The molecule has 1 N–H and O–H groups in total. The average Bonchev–Trinajstić information content (AvgIpc) is 3.04. The lowest BCUT2D eigenvalue weighted by atomic mass is 10.1. The standard InChI is InChI=1S/C14H13NO4S/c1-18-7-10-12(14(16)17)20-13(15-10)9-2-3-11-8(6-9)4-5-19-11/h2-3,6H,4-5,7H2,1H3,(H,16,17). The molecule has 5 nitrogen and oxygen atoms in total. The molecule has 1 aliphatic rings. The van der Waals surface area contributed by atoms with Crippen LogP contribution in [0.1, 0.15) is 20.9 Å². The molecule has 0 spiro atoms. The molecule has 0 fully saturated rings. The highest BCUT2D eigenvalue weighted by molar-refractivity contribution is 7.17. The second-order valence-corrected chi connectivity index (χ2v) is 5.45. The van der Waals surface area contributed by atoms with Crippen molar-refractivity contribution in [1.82, 2.24) is 4.98 Å². The maximum atomic E-state index is 11.2. The van der Waals surface area contributed by atoms with E-state index < -0.39 is 5.97 Å². The molecule has 0 unspecified atom stereocenters. The summed E-state index contributed by atoms with van der Waals surface area (Å²) in [5, 5.41) is 9.90. The molecule has 104 valence electrons. The summed E-state index contributed by atoms with van der Waals surface area (Å²) in [6, 6.07) is 5.84. The zero-order chi connectivity index (χ0) is 14.1. The van der Waals surface area contributed by atoms with Gasteiger partial charge in [-0.05, 0) is 23.8 Å². The number of nitrogens with zero attached hydrogens (tertiary/aromatic N) is 1. The number of fused-ring (bicyclic) bond motifs is 1. The number of thiazole rings is 1. The molecule has 0 saturated carbocycles. The Morgan fingerprint density at radius 1 is 1.55 bits per heavy atom. The summed E-state index contributed by atoms with van der Waals surface area (Å²) in [5.41, 5.74) is 2.53. The summed E-state index contributed by atoms with van der Waals surface area (Å²) in [5.74, 6) is -0.0637. The number of aromatic carboxylic acids is 1. The summed E-state index contributed by atoms with van der Waals surface area (Å²) in [6.45, 7) is 0.901. The van der Waals surface area contributed by atoms with Gasteiger partial charge in [0.05, 0.1) is 18.9 Å². The van der Waals surface area contributed by atoms with E-state index in [0.29, 0.717) is 17.3 Å². The van der Waals surface area contributed by atoms with Gasteiger partial charge in [0.25, 0.3) is 0 Å². The van der Waals surface area contributed by atoms with Crippen molar-refractivity contribution in [2.24, 2.45) is 0 Å². The first-order chi connectivity index (χ1) is 9.69. The Morgan fingerprint density at radius 2 is 2.40 bits per heavy atom. The molecule has 0 aliphatic carbocycles. The fourth-order valence-corrected chi connectivity index (χ4v) is 3.10. The fraction of sp³-hybridized carbons (Fsp3) is 0.286. The molecule has 1 aliphatic heterocycles. The fourth-order valence-electron chi connectivity index (χ4n) is 2.20. The number of benzene rings is 1. The SMILES string of the molecule is COCc1nc(-c2ccc3c(c2)CCO3)sc1C(=O)O. The van der Waals surface area contributed by atoms with Crippen molar-refractivity contribution in [3.63, 3.8) is 0 Å². The maximum Gasteiger partial charge on any atom is 0.347 e. The minimum absolute atomic E-state index is 0.201. The van der Waals surface area contributed by atoms with Gasteiger partial charge in [-0.1, -0.05) is 0 Å². The van der Waals surface area contributed by atoms with E-state index in [1.807, 2.05) is 18.2 Å². The predicted molar refractivity (Wildman–Crippen MR) is 74.4 cm³/mol. The van der Waals surface area contributed by atoms with E-state index in [2.05, 4.69) is 4.98 Å². The Morgan fingerprint density at radius 3 is 3.15 bits per heavy atom. The first-order valence-corrected chi connectivity index (χ1v) is 6.98. The van der Waals surface area contributed by atoms with Crippen LogP contribution in [0.3, 0.4) is 0 Å². The quantitative estimate of drug-likeness (QED) is 0.937. The van der Waals surface area contributed by atoms with Gasteiger partial charge in [-0.25, -0.2) is 9.78 Å². The summed E-state index contributed by atoms with van der Waals surface area (Å²) < 4.78 is 10.5. The lowest BCUT2D eigenvalue weighted by molar-refractivity contribution is 0.0697. The number of rotatable bonds is 4. The Kier molecular flexibility index (Phi) is 3.42. The van der Waals surface area contributed by atoms with Gasteiger partial charge in [0.1, 0.15) is 15.6 Å². The third-order valence-corrected chi connectivity index (χ3v) is 4.24. The Hall–Kier alpha value is -1.92. The third kappa shape index (κ3) is 2.28. The predicted octanol–water partition coefficient (Wildman–Crippen LogP) is 2.59. The number of hydrogen-bond acceptors (Lipinski definition) is 5. The van der Waals surface area contributed by atoms with Crippen LogP contribution in [0.5, 0.6) is 5.75 Å². The van der Waals surface area contributed by atoms with Gasteiger partial charge in [0.2, 0.25) is 0 Å². The van der Waals surface area contributed by atoms with Crippen LogP contribution in [0.2, 0.25) is 0 Å². The molecule has 0 saturated heterocycles. The van der Waals surface area contributed by atoms with Crippen molar-refractivity contribution in [3.8, 4) is 16.3 Å². The molecule has 0 amide bonds. The van der Waals surface area contributed by atoms with Crippen molar-refractivity contribution in [1.29, 1.82) is 0 Å². The largest absolute Gasteiger partial charge is 0.493 e. The number of carboxylic acid groups (broad SMARTS) is 1. The summed E-state index contributed by atoms with van der Waals surface area (Å²) >= 11 is 1.17. The van der Waals surface area contributed by atoms with E-state index in [1.165, 1.54) is 18.4 Å². The Balaban J connectivity index is 2.01. The van der Waals surface area contributed by atoms with Gasteiger partial charge < -0.3 is 14.6 Å². The topological polar surface area (TPSA) is 68.7 Å². The molecular formula is C14H13NO4S. The minimum atomic E-state index is -0.967. The van der Waals surface area contributed by atoms with Crippen LogP contribution < -0.4 is 4.74 Å². The van der Waals surface area contributed by atoms with Crippen LogP contribution in [0.15, 0.2) is 18.2 Å². The van der Waals surface area contributed by atoms with E-state index in [9.17, 15) is 9.90 Å². The van der Waals surface area contributed by atoms with E-state index in [0.717, 1.165) is 23.3 Å². The lowest BCUT2D eigenvalue weighted by Crippen LogP contribution is -1.99. The highest BCUT2D eigenvalue weighted by atomic mass is 32.1.